The van der Waals surface area contributed by atoms with E-state index in [4.69, 9.17) is 0 Å². The van der Waals surface area contributed by atoms with Gasteiger partial charge in [0.15, 0.2) is 0 Å². The van der Waals surface area contributed by atoms with Gasteiger partial charge in [-0.1, -0.05) is 0 Å². The van der Waals surface area contributed by atoms with Crippen molar-refractivity contribution in [3.63, 3.8) is 0 Å². The molecule has 0 fully saturated rings. The number of imidazole rings is 2. The van der Waals surface area contributed by atoms with Gasteiger partial charge >= 0.3 is 0 Å². The maximum Gasteiger partial charge on any atom is 0.255 e. The summed E-state index contributed by atoms with van der Waals surface area (Å²) in [5.41, 5.74) is 4.95. The molecule has 4 aromatic rings. The predicted molar refractivity (Wildman–Crippen MR) is 98.9 cm³/mol. The van der Waals surface area contributed by atoms with Crippen molar-refractivity contribution in [1.29, 1.82) is 0 Å². The number of hydrogen-bond donors (Lipinski definition) is 2. The summed E-state index contributed by atoms with van der Waals surface area (Å²) in [6.07, 6.45) is 1.62. The van der Waals surface area contributed by atoms with Crippen LogP contribution in [0, 0.1) is 6.92 Å². The highest BCUT2D eigenvalue weighted by atomic mass is 16.1. The Morgan fingerprint density at radius 3 is 2.80 bits per heavy atom. The molecule has 0 radical (unpaired) electrons. The van der Waals surface area contributed by atoms with Gasteiger partial charge in [-0.05, 0) is 57.2 Å². The Labute approximate surface area is 144 Å². The Hall–Kier alpha value is -3.15. The van der Waals surface area contributed by atoms with E-state index < -0.39 is 0 Å². The molecule has 2 aromatic heterocycles. The number of H-pyrrole nitrogens is 1. The minimum atomic E-state index is -0.157. The van der Waals surface area contributed by atoms with Crippen LogP contribution in [0.2, 0.25) is 0 Å². The molecular formula is C19H19N5O. The van der Waals surface area contributed by atoms with Crippen LogP contribution >= 0.6 is 0 Å². The standard InChI is InChI=1S/C19H19N5O/c1-11(2)24-12(3)22-17-9-14(5-7-18(17)24)23-19(25)13-4-6-15-16(8-13)21-10-20-15/h4-11H,1-3H3,(H,20,21)(H,23,25). The molecule has 6 nitrogen and oxygen atoms in total. The van der Waals surface area contributed by atoms with Crippen LogP contribution in [0.3, 0.4) is 0 Å². The molecule has 0 unspecified atom stereocenters. The fraction of sp³-hybridized carbons (Fsp3) is 0.211. The molecule has 2 N–H and O–H groups in total. The van der Waals surface area contributed by atoms with Gasteiger partial charge in [0.2, 0.25) is 0 Å². The quantitative estimate of drug-likeness (QED) is 0.594. The lowest BCUT2D eigenvalue weighted by Gasteiger charge is -2.11. The average Bonchev–Trinajstić information content (AvgIpc) is 3.16. The molecule has 0 aliphatic heterocycles. The summed E-state index contributed by atoms with van der Waals surface area (Å²) in [6.45, 7) is 6.27. The molecule has 0 aliphatic carbocycles. The third kappa shape index (κ3) is 2.65. The average molecular weight is 333 g/mol. The number of nitrogens with one attached hydrogen (secondary N) is 2. The number of hydrogen-bond acceptors (Lipinski definition) is 3. The lowest BCUT2D eigenvalue weighted by Crippen LogP contribution is -2.11. The first kappa shape index (κ1) is 15.4. The maximum atomic E-state index is 12.5. The summed E-state index contributed by atoms with van der Waals surface area (Å²) < 4.78 is 2.19. The number of benzene rings is 2. The lowest BCUT2D eigenvalue weighted by atomic mass is 10.2. The van der Waals surface area contributed by atoms with E-state index in [1.807, 2.05) is 31.2 Å². The van der Waals surface area contributed by atoms with E-state index in [-0.39, 0.29) is 5.91 Å². The van der Waals surface area contributed by atoms with Gasteiger partial charge in [0.05, 0.1) is 28.4 Å². The molecule has 4 rings (SSSR count). The second-order valence-corrected chi connectivity index (χ2v) is 6.41. The summed E-state index contributed by atoms with van der Waals surface area (Å²) in [6, 6.07) is 11.6. The van der Waals surface area contributed by atoms with Gasteiger partial charge in [0.1, 0.15) is 5.82 Å². The van der Waals surface area contributed by atoms with Gasteiger partial charge in [-0.25, -0.2) is 9.97 Å². The predicted octanol–water partition coefficient (Wildman–Crippen LogP) is 4.05. The molecule has 0 saturated carbocycles. The van der Waals surface area contributed by atoms with Crippen molar-refractivity contribution in [2.45, 2.75) is 26.8 Å². The van der Waals surface area contributed by atoms with E-state index in [1.54, 1.807) is 18.5 Å². The van der Waals surface area contributed by atoms with E-state index in [9.17, 15) is 4.79 Å². The van der Waals surface area contributed by atoms with Gasteiger partial charge in [0.25, 0.3) is 5.91 Å². The number of rotatable bonds is 3. The summed E-state index contributed by atoms with van der Waals surface area (Å²) >= 11 is 0. The van der Waals surface area contributed by atoms with Gasteiger partial charge in [0, 0.05) is 17.3 Å². The zero-order valence-corrected chi connectivity index (χ0v) is 14.4. The molecule has 0 spiro atoms. The van der Waals surface area contributed by atoms with Crippen LogP contribution in [0.1, 0.15) is 36.1 Å². The minimum absolute atomic E-state index is 0.157. The SMILES string of the molecule is Cc1nc2cc(NC(=O)c3ccc4nc[nH]c4c3)ccc2n1C(C)C. The highest BCUT2D eigenvalue weighted by Crippen LogP contribution is 2.24. The molecule has 0 bridgehead atoms. The number of fused-ring (bicyclic) bond motifs is 2. The summed E-state index contributed by atoms with van der Waals surface area (Å²) in [4.78, 5) is 24.3. The number of aromatic nitrogens is 4. The first-order valence-corrected chi connectivity index (χ1v) is 8.26. The van der Waals surface area contributed by atoms with Crippen molar-refractivity contribution in [3.05, 3.63) is 54.1 Å². The fourth-order valence-electron chi connectivity index (χ4n) is 3.23. The number of nitrogens with zero attached hydrogens (tertiary/aromatic N) is 3. The molecular weight excluding hydrogens is 314 g/mol. The van der Waals surface area contributed by atoms with E-state index in [2.05, 4.69) is 38.7 Å². The van der Waals surface area contributed by atoms with Crippen LogP contribution in [0.15, 0.2) is 42.7 Å². The molecule has 6 heteroatoms. The lowest BCUT2D eigenvalue weighted by molar-refractivity contribution is 0.102. The van der Waals surface area contributed by atoms with Crippen molar-refractivity contribution in [1.82, 2.24) is 19.5 Å². The van der Waals surface area contributed by atoms with Crippen LogP contribution in [0.5, 0.6) is 0 Å². The van der Waals surface area contributed by atoms with Crippen molar-refractivity contribution in [2.75, 3.05) is 5.32 Å². The normalized spacial score (nSPS) is 11.5. The number of aromatic amines is 1. The van der Waals surface area contributed by atoms with Crippen molar-refractivity contribution in [2.24, 2.45) is 0 Å². The minimum Gasteiger partial charge on any atom is -0.345 e. The number of aryl methyl sites for hydroxylation is 1. The molecule has 25 heavy (non-hydrogen) atoms. The van der Waals surface area contributed by atoms with Gasteiger partial charge < -0.3 is 14.9 Å². The molecule has 1 amide bonds. The van der Waals surface area contributed by atoms with Gasteiger partial charge in [-0.2, -0.15) is 0 Å². The second-order valence-electron chi connectivity index (χ2n) is 6.41. The Bertz CT molecular complexity index is 1090. The van der Waals surface area contributed by atoms with Crippen LogP contribution in [-0.4, -0.2) is 25.4 Å². The van der Waals surface area contributed by atoms with E-state index in [0.717, 1.165) is 33.6 Å². The molecule has 2 aromatic carbocycles. The van der Waals surface area contributed by atoms with Gasteiger partial charge in [-0.3, -0.25) is 4.79 Å². The van der Waals surface area contributed by atoms with Crippen molar-refractivity contribution >= 4 is 33.7 Å². The first-order chi connectivity index (χ1) is 12.0. The monoisotopic (exact) mass is 333 g/mol. The highest BCUT2D eigenvalue weighted by molar-refractivity contribution is 6.06. The Morgan fingerprint density at radius 1 is 1.16 bits per heavy atom. The molecule has 0 aliphatic rings. The largest absolute Gasteiger partial charge is 0.345 e. The van der Waals surface area contributed by atoms with Crippen LogP contribution in [-0.2, 0) is 0 Å². The molecule has 2 heterocycles. The summed E-state index contributed by atoms with van der Waals surface area (Å²) in [7, 11) is 0. The van der Waals surface area contributed by atoms with E-state index in [1.165, 1.54) is 0 Å². The zero-order chi connectivity index (χ0) is 17.6. The van der Waals surface area contributed by atoms with E-state index in [0.29, 0.717) is 11.6 Å². The molecule has 0 atom stereocenters. The Balaban J connectivity index is 1.64. The maximum absolute atomic E-state index is 12.5. The zero-order valence-electron chi connectivity index (χ0n) is 14.4. The van der Waals surface area contributed by atoms with Crippen LogP contribution < -0.4 is 5.32 Å². The van der Waals surface area contributed by atoms with Crippen LogP contribution in [0.4, 0.5) is 5.69 Å². The second kappa shape index (κ2) is 5.73. The fourth-order valence-corrected chi connectivity index (χ4v) is 3.23. The molecule has 126 valence electrons. The highest BCUT2D eigenvalue weighted by Gasteiger charge is 2.12. The number of anilines is 1. The number of carbonyl (C=O) groups is 1. The van der Waals surface area contributed by atoms with Crippen LogP contribution in [0.25, 0.3) is 22.1 Å². The Kier molecular flexibility index (Phi) is 3.53. The van der Waals surface area contributed by atoms with Crippen molar-refractivity contribution < 1.29 is 4.79 Å². The smallest absolute Gasteiger partial charge is 0.255 e. The van der Waals surface area contributed by atoms with Gasteiger partial charge in [-0.15, -0.1) is 0 Å². The topological polar surface area (TPSA) is 75.6 Å². The number of amides is 1. The first-order valence-electron chi connectivity index (χ1n) is 8.26. The Morgan fingerprint density at radius 2 is 2.00 bits per heavy atom. The molecule has 0 saturated heterocycles. The van der Waals surface area contributed by atoms with Crippen molar-refractivity contribution in [3.8, 4) is 0 Å². The summed E-state index contributed by atoms with van der Waals surface area (Å²) in [5.74, 6) is 0.814. The number of carbonyl (C=O) groups excluding carboxylic acids is 1. The van der Waals surface area contributed by atoms with E-state index >= 15 is 0 Å². The third-order valence-electron chi connectivity index (χ3n) is 4.32. The third-order valence-corrected chi connectivity index (χ3v) is 4.32. The summed E-state index contributed by atoms with van der Waals surface area (Å²) in [5, 5.41) is 2.94.